The Bertz CT molecular complexity index is 880. The van der Waals surface area contributed by atoms with Gasteiger partial charge in [-0.05, 0) is 48.8 Å². The Hall–Kier alpha value is -2.79. The van der Waals surface area contributed by atoms with Crippen molar-refractivity contribution in [2.24, 2.45) is 0 Å². The molecule has 2 aromatic carbocycles. The molecule has 1 amide bonds. The minimum absolute atomic E-state index is 0.00514. The highest BCUT2D eigenvalue weighted by Gasteiger charge is 2.22. The van der Waals surface area contributed by atoms with Crippen molar-refractivity contribution in [3.63, 3.8) is 0 Å². The third kappa shape index (κ3) is 5.84. The summed E-state index contributed by atoms with van der Waals surface area (Å²) < 4.78 is 11.8. The fourth-order valence-electron chi connectivity index (χ4n) is 3.14. The average molecular weight is 395 g/mol. The second-order valence-corrected chi connectivity index (χ2v) is 8.67. The third-order valence-corrected chi connectivity index (χ3v) is 4.70. The number of nitrogens with one attached hydrogen (secondary N) is 1. The first-order chi connectivity index (χ1) is 13.7. The van der Waals surface area contributed by atoms with E-state index < -0.39 is 0 Å². The Morgan fingerprint density at radius 2 is 1.86 bits per heavy atom. The second-order valence-electron chi connectivity index (χ2n) is 8.67. The Morgan fingerprint density at radius 1 is 1.14 bits per heavy atom. The Morgan fingerprint density at radius 3 is 2.52 bits per heavy atom. The summed E-state index contributed by atoms with van der Waals surface area (Å²) in [5.74, 6) is 1.17. The molecule has 1 aliphatic rings. The van der Waals surface area contributed by atoms with Crippen molar-refractivity contribution in [3.8, 4) is 11.5 Å². The van der Waals surface area contributed by atoms with Crippen LogP contribution in [0.1, 0.15) is 31.9 Å². The molecule has 154 valence electrons. The molecule has 0 saturated heterocycles. The van der Waals surface area contributed by atoms with Crippen LogP contribution in [0.3, 0.4) is 0 Å². The molecule has 0 radical (unpaired) electrons. The van der Waals surface area contributed by atoms with E-state index in [0.717, 1.165) is 12.1 Å². The van der Waals surface area contributed by atoms with E-state index in [4.69, 9.17) is 9.47 Å². The van der Waals surface area contributed by atoms with E-state index in [-0.39, 0.29) is 17.4 Å². The summed E-state index contributed by atoms with van der Waals surface area (Å²) in [6, 6.07) is 13.7. The molecule has 0 aromatic heterocycles. The summed E-state index contributed by atoms with van der Waals surface area (Å²) in [5.41, 5.74) is 3.05. The van der Waals surface area contributed by atoms with Crippen LogP contribution in [0.4, 0.5) is 5.69 Å². The average Bonchev–Trinajstić information content (AvgIpc) is 2.65. The predicted molar refractivity (Wildman–Crippen MR) is 118 cm³/mol. The van der Waals surface area contributed by atoms with Crippen molar-refractivity contribution in [2.75, 3.05) is 32.6 Å². The first-order valence-electron chi connectivity index (χ1n) is 9.88. The molecule has 1 aliphatic heterocycles. The molecule has 3 rings (SSSR count). The number of nitrogens with zero attached hydrogens (tertiary/aromatic N) is 1. The van der Waals surface area contributed by atoms with Crippen LogP contribution in [0, 0.1) is 0 Å². The monoisotopic (exact) mass is 394 g/mol. The summed E-state index contributed by atoms with van der Waals surface area (Å²) in [6.07, 6.45) is 3.35. The van der Waals surface area contributed by atoms with Gasteiger partial charge in [0.15, 0.2) is 11.5 Å². The lowest BCUT2D eigenvalue weighted by Crippen LogP contribution is -2.38. The minimum atomic E-state index is -0.188. The number of anilines is 1. The number of rotatable bonds is 5. The van der Waals surface area contributed by atoms with Crippen LogP contribution in [0.25, 0.3) is 6.08 Å². The highest BCUT2D eigenvalue weighted by Crippen LogP contribution is 2.34. The van der Waals surface area contributed by atoms with Gasteiger partial charge >= 0.3 is 0 Å². The van der Waals surface area contributed by atoms with Crippen LogP contribution in [0.15, 0.2) is 48.5 Å². The fourth-order valence-corrected chi connectivity index (χ4v) is 3.14. The summed E-state index contributed by atoms with van der Waals surface area (Å²) in [4.78, 5) is 14.3. The highest BCUT2D eigenvalue weighted by molar-refractivity contribution is 6.02. The number of ether oxygens (including phenoxy) is 2. The van der Waals surface area contributed by atoms with Gasteiger partial charge in [0, 0.05) is 24.4 Å². The molecule has 1 heterocycles. The van der Waals surface area contributed by atoms with Gasteiger partial charge in [-0.2, -0.15) is 0 Å². The van der Waals surface area contributed by atoms with E-state index in [1.165, 1.54) is 11.6 Å². The highest BCUT2D eigenvalue weighted by atomic mass is 16.6. The molecule has 2 aromatic rings. The van der Waals surface area contributed by atoms with Gasteiger partial charge in [-0.1, -0.05) is 45.0 Å². The van der Waals surface area contributed by atoms with Crippen molar-refractivity contribution < 1.29 is 14.3 Å². The number of likely N-dealkylation sites (N-methyl/N-ethyl adjacent to an activating group) is 1. The molecular formula is C24H30N2O3. The zero-order chi connectivity index (χ0) is 21.0. The molecular weight excluding hydrogens is 364 g/mol. The number of carbonyl (C=O) groups is 1. The molecule has 0 unspecified atom stereocenters. The molecule has 0 fully saturated rings. The zero-order valence-electron chi connectivity index (χ0n) is 17.9. The van der Waals surface area contributed by atoms with Gasteiger partial charge in [-0.15, -0.1) is 0 Å². The van der Waals surface area contributed by atoms with Crippen LogP contribution in [-0.4, -0.2) is 44.2 Å². The Kier molecular flexibility index (Phi) is 6.28. The first-order valence-corrected chi connectivity index (χ1v) is 9.88. The third-order valence-electron chi connectivity index (χ3n) is 4.70. The molecule has 1 N–H and O–H groups in total. The van der Waals surface area contributed by atoms with Crippen LogP contribution in [0.2, 0.25) is 0 Å². The van der Waals surface area contributed by atoms with Crippen molar-refractivity contribution >= 4 is 17.7 Å². The van der Waals surface area contributed by atoms with E-state index in [9.17, 15) is 4.79 Å². The van der Waals surface area contributed by atoms with Gasteiger partial charge in [0.1, 0.15) is 12.7 Å². The molecule has 29 heavy (non-hydrogen) atoms. The quantitative estimate of drug-likeness (QED) is 0.767. The Labute approximate surface area is 173 Å². The maximum atomic E-state index is 12.3. The molecule has 1 atom stereocenters. The van der Waals surface area contributed by atoms with Crippen LogP contribution >= 0.6 is 0 Å². The van der Waals surface area contributed by atoms with E-state index in [1.54, 1.807) is 6.07 Å². The molecule has 5 nitrogen and oxygen atoms in total. The number of fused-ring (bicyclic) bond motifs is 1. The molecule has 0 spiro atoms. The van der Waals surface area contributed by atoms with Crippen LogP contribution in [0.5, 0.6) is 11.5 Å². The van der Waals surface area contributed by atoms with E-state index in [0.29, 0.717) is 23.8 Å². The minimum Gasteiger partial charge on any atom is -0.486 e. The van der Waals surface area contributed by atoms with Crippen molar-refractivity contribution in [2.45, 2.75) is 32.3 Å². The van der Waals surface area contributed by atoms with Gasteiger partial charge in [0.25, 0.3) is 0 Å². The van der Waals surface area contributed by atoms with Gasteiger partial charge < -0.3 is 19.7 Å². The molecule has 0 bridgehead atoms. The van der Waals surface area contributed by atoms with Gasteiger partial charge in [0.2, 0.25) is 5.91 Å². The van der Waals surface area contributed by atoms with Gasteiger partial charge in [-0.3, -0.25) is 4.79 Å². The second kappa shape index (κ2) is 8.70. The number of amides is 1. The number of hydrogen-bond acceptors (Lipinski definition) is 4. The topological polar surface area (TPSA) is 50.8 Å². The maximum Gasteiger partial charge on any atom is 0.248 e. The van der Waals surface area contributed by atoms with Crippen molar-refractivity contribution in [1.82, 2.24) is 4.90 Å². The summed E-state index contributed by atoms with van der Waals surface area (Å²) >= 11 is 0. The van der Waals surface area contributed by atoms with Gasteiger partial charge in [-0.25, -0.2) is 0 Å². The van der Waals surface area contributed by atoms with E-state index in [1.807, 2.05) is 44.4 Å². The predicted octanol–water partition coefficient (Wildman–Crippen LogP) is 4.34. The van der Waals surface area contributed by atoms with E-state index >= 15 is 0 Å². The van der Waals surface area contributed by atoms with Crippen molar-refractivity contribution in [1.29, 1.82) is 0 Å². The first kappa shape index (κ1) is 20.9. The SMILES string of the molecule is CN(C)C[C@@H]1COc2cc(NC(=O)C=Cc3ccc(C(C)(C)C)cc3)ccc2O1. The molecule has 0 aliphatic carbocycles. The largest absolute Gasteiger partial charge is 0.486 e. The number of hydrogen-bond donors (Lipinski definition) is 1. The smallest absolute Gasteiger partial charge is 0.248 e. The molecule has 5 heteroatoms. The zero-order valence-corrected chi connectivity index (χ0v) is 17.9. The van der Waals surface area contributed by atoms with Gasteiger partial charge in [0.05, 0.1) is 0 Å². The van der Waals surface area contributed by atoms with Crippen molar-refractivity contribution in [3.05, 3.63) is 59.7 Å². The maximum absolute atomic E-state index is 12.3. The lowest BCUT2D eigenvalue weighted by Gasteiger charge is -2.28. The van der Waals surface area contributed by atoms with Crippen LogP contribution < -0.4 is 14.8 Å². The summed E-state index contributed by atoms with van der Waals surface area (Å²) in [7, 11) is 4.01. The molecule has 0 saturated carbocycles. The van der Waals surface area contributed by atoms with E-state index in [2.05, 4.69) is 43.1 Å². The number of benzene rings is 2. The number of carbonyl (C=O) groups excluding carboxylic acids is 1. The van der Waals surface area contributed by atoms with Crippen LogP contribution in [-0.2, 0) is 10.2 Å². The Balaban J connectivity index is 1.59. The summed E-state index contributed by atoms with van der Waals surface area (Å²) in [5, 5.41) is 2.87. The fraction of sp³-hybridized carbons (Fsp3) is 0.375. The summed E-state index contributed by atoms with van der Waals surface area (Å²) in [6.45, 7) is 7.83. The standard InChI is InChI=1S/C24H30N2O3/c1-24(2,3)18-9-6-17(7-10-18)8-13-23(27)25-19-11-12-21-22(14-19)28-16-20(29-21)15-26(4)5/h6-14,20H,15-16H2,1-5H3,(H,25,27)/t20-/m1/s1. The normalized spacial score (nSPS) is 16.3. The lowest BCUT2D eigenvalue weighted by molar-refractivity contribution is -0.111. The lowest BCUT2D eigenvalue weighted by atomic mass is 9.87.